The molecule has 1 heterocycles. The lowest BCUT2D eigenvalue weighted by Crippen LogP contribution is -2.17. The first-order chi connectivity index (χ1) is 5.83. The van der Waals surface area contributed by atoms with Crippen molar-refractivity contribution in [1.82, 2.24) is 15.3 Å². The van der Waals surface area contributed by atoms with E-state index in [9.17, 15) is 0 Å². The number of hydrogen-bond donors (Lipinski definition) is 1. The van der Waals surface area contributed by atoms with Gasteiger partial charge in [-0.1, -0.05) is 6.92 Å². The predicted octanol–water partition coefficient (Wildman–Crippen LogP) is 1.18. The highest BCUT2D eigenvalue weighted by atomic mass is 32.2. The summed E-state index contributed by atoms with van der Waals surface area (Å²) in [6.07, 6.45) is 3.34. The summed E-state index contributed by atoms with van der Waals surface area (Å²) >= 11 is 1.75. The smallest absolute Gasteiger partial charge is 0.116 e. The van der Waals surface area contributed by atoms with Crippen molar-refractivity contribution in [3.8, 4) is 0 Å². The van der Waals surface area contributed by atoms with E-state index >= 15 is 0 Å². The lowest BCUT2D eigenvalue weighted by atomic mass is 10.5. The van der Waals surface area contributed by atoms with Gasteiger partial charge in [-0.15, -0.1) is 11.8 Å². The van der Waals surface area contributed by atoms with Gasteiger partial charge in [-0.3, -0.25) is 0 Å². The molecule has 1 aromatic rings. The molecule has 1 N–H and O–H groups in total. The molecule has 0 fully saturated rings. The Hall–Kier alpha value is -0.610. The standard InChI is InChI=1S/C8H13N3S/c1-7(5-9-2)12-8-3-4-10-6-11-8/h3-4,6-7,9H,5H2,1-2H3. The van der Waals surface area contributed by atoms with E-state index in [4.69, 9.17) is 0 Å². The van der Waals surface area contributed by atoms with Crippen molar-refractivity contribution in [2.45, 2.75) is 17.2 Å². The molecule has 1 unspecified atom stereocenters. The first-order valence-electron chi connectivity index (χ1n) is 3.90. The van der Waals surface area contributed by atoms with Crippen LogP contribution in [0.4, 0.5) is 0 Å². The lowest BCUT2D eigenvalue weighted by molar-refractivity contribution is 0.783. The van der Waals surface area contributed by atoms with Crippen molar-refractivity contribution in [3.05, 3.63) is 18.6 Å². The molecule has 0 aromatic carbocycles. The summed E-state index contributed by atoms with van der Waals surface area (Å²) in [6.45, 7) is 3.16. The quantitative estimate of drug-likeness (QED) is 0.562. The molecule has 12 heavy (non-hydrogen) atoms. The predicted molar refractivity (Wildman–Crippen MR) is 51.3 cm³/mol. The lowest BCUT2D eigenvalue weighted by Gasteiger charge is -2.08. The Morgan fingerprint density at radius 2 is 2.50 bits per heavy atom. The first-order valence-corrected chi connectivity index (χ1v) is 4.78. The highest BCUT2D eigenvalue weighted by Crippen LogP contribution is 2.18. The molecular weight excluding hydrogens is 170 g/mol. The SMILES string of the molecule is CNCC(C)Sc1ccncn1. The Morgan fingerprint density at radius 1 is 1.67 bits per heavy atom. The molecule has 0 saturated heterocycles. The number of thioether (sulfide) groups is 1. The van der Waals surface area contributed by atoms with Crippen molar-refractivity contribution in [2.75, 3.05) is 13.6 Å². The third-order valence-corrected chi connectivity index (χ3v) is 2.42. The molecule has 0 aliphatic rings. The fourth-order valence-electron chi connectivity index (χ4n) is 0.884. The van der Waals surface area contributed by atoms with Crippen molar-refractivity contribution < 1.29 is 0 Å². The maximum Gasteiger partial charge on any atom is 0.116 e. The molecule has 1 atom stereocenters. The van der Waals surface area contributed by atoms with Gasteiger partial charge in [0.2, 0.25) is 0 Å². The maximum absolute atomic E-state index is 4.13. The van der Waals surface area contributed by atoms with E-state index in [1.807, 2.05) is 13.1 Å². The summed E-state index contributed by atoms with van der Waals surface area (Å²) in [4.78, 5) is 7.98. The second kappa shape index (κ2) is 5.11. The molecule has 0 aliphatic heterocycles. The normalized spacial score (nSPS) is 12.8. The molecular formula is C8H13N3S. The average molecular weight is 183 g/mol. The largest absolute Gasteiger partial charge is 0.319 e. The Labute approximate surface area is 77.0 Å². The van der Waals surface area contributed by atoms with Crippen LogP contribution < -0.4 is 5.32 Å². The molecule has 4 heteroatoms. The van der Waals surface area contributed by atoms with Crippen molar-refractivity contribution in [1.29, 1.82) is 0 Å². The van der Waals surface area contributed by atoms with Crippen LogP contribution in [-0.2, 0) is 0 Å². The van der Waals surface area contributed by atoms with Crippen LogP contribution >= 0.6 is 11.8 Å². The summed E-state index contributed by atoms with van der Waals surface area (Å²) in [5.74, 6) is 0. The second-order valence-corrected chi connectivity index (χ2v) is 3.99. The third kappa shape index (κ3) is 3.19. The fourth-order valence-corrected chi connectivity index (χ4v) is 1.79. The summed E-state index contributed by atoms with van der Waals surface area (Å²) in [6, 6.07) is 1.93. The molecule has 0 spiro atoms. The molecule has 0 saturated carbocycles. The van der Waals surface area contributed by atoms with Crippen molar-refractivity contribution >= 4 is 11.8 Å². The second-order valence-electron chi connectivity index (χ2n) is 2.53. The molecule has 1 rings (SSSR count). The molecule has 66 valence electrons. The van der Waals surface area contributed by atoms with Crippen LogP contribution in [0.3, 0.4) is 0 Å². The van der Waals surface area contributed by atoms with Gasteiger partial charge in [-0.2, -0.15) is 0 Å². The molecule has 1 aromatic heterocycles. The molecule has 0 amide bonds. The Morgan fingerprint density at radius 3 is 3.08 bits per heavy atom. The molecule has 0 radical (unpaired) electrons. The van der Waals surface area contributed by atoms with Crippen LogP contribution in [0.15, 0.2) is 23.6 Å². The minimum atomic E-state index is 0.546. The summed E-state index contributed by atoms with van der Waals surface area (Å²) in [7, 11) is 1.96. The fraction of sp³-hybridized carbons (Fsp3) is 0.500. The highest BCUT2D eigenvalue weighted by molar-refractivity contribution is 7.99. The monoisotopic (exact) mass is 183 g/mol. The number of nitrogens with zero attached hydrogens (tertiary/aromatic N) is 2. The van der Waals surface area contributed by atoms with E-state index in [1.54, 1.807) is 24.3 Å². The number of nitrogens with one attached hydrogen (secondary N) is 1. The maximum atomic E-state index is 4.13. The van der Waals surface area contributed by atoms with Gasteiger partial charge in [0.05, 0.1) is 5.03 Å². The van der Waals surface area contributed by atoms with Crippen molar-refractivity contribution in [2.24, 2.45) is 0 Å². The van der Waals surface area contributed by atoms with Crippen LogP contribution in [0.25, 0.3) is 0 Å². The van der Waals surface area contributed by atoms with E-state index in [0.29, 0.717) is 5.25 Å². The van der Waals surface area contributed by atoms with Crippen LogP contribution in [0.5, 0.6) is 0 Å². The van der Waals surface area contributed by atoms with Gasteiger partial charge in [-0.25, -0.2) is 9.97 Å². The van der Waals surface area contributed by atoms with E-state index in [1.165, 1.54) is 0 Å². The van der Waals surface area contributed by atoms with Crippen LogP contribution in [0, 0.1) is 0 Å². The molecule has 0 bridgehead atoms. The zero-order valence-electron chi connectivity index (χ0n) is 7.32. The Bertz CT molecular complexity index is 215. The Kier molecular flexibility index (Phi) is 4.04. The van der Waals surface area contributed by atoms with Gasteiger partial charge in [0.15, 0.2) is 0 Å². The third-order valence-electron chi connectivity index (χ3n) is 1.37. The summed E-state index contributed by atoms with van der Waals surface area (Å²) in [5.41, 5.74) is 0. The summed E-state index contributed by atoms with van der Waals surface area (Å²) < 4.78 is 0. The Balaban J connectivity index is 2.41. The zero-order valence-corrected chi connectivity index (χ0v) is 8.14. The first kappa shape index (κ1) is 9.48. The van der Waals surface area contributed by atoms with Crippen LogP contribution in [0.1, 0.15) is 6.92 Å². The molecule has 0 aliphatic carbocycles. The van der Waals surface area contributed by atoms with Gasteiger partial charge in [-0.05, 0) is 13.1 Å². The minimum absolute atomic E-state index is 0.546. The van der Waals surface area contributed by atoms with E-state index in [2.05, 4.69) is 22.2 Å². The zero-order chi connectivity index (χ0) is 8.81. The number of hydrogen-bond acceptors (Lipinski definition) is 4. The van der Waals surface area contributed by atoms with Crippen LogP contribution in [0.2, 0.25) is 0 Å². The average Bonchev–Trinajstić information content (AvgIpc) is 2.06. The van der Waals surface area contributed by atoms with Gasteiger partial charge in [0, 0.05) is 18.0 Å². The molecule has 3 nitrogen and oxygen atoms in total. The van der Waals surface area contributed by atoms with Gasteiger partial charge in [0.25, 0.3) is 0 Å². The van der Waals surface area contributed by atoms with Gasteiger partial charge >= 0.3 is 0 Å². The van der Waals surface area contributed by atoms with Crippen LogP contribution in [-0.4, -0.2) is 28.8 Å². The highest BCUT2D eigenvalue weighted by Gasteiger charge is 2.02. The minimum Gasteiger partial charge on any atom is -0.319 e. The van der Waals surface area contributed by atoms with E-state index in [0.717, 1.165) is 11.6 Å². The van der Waals surface area contributed by atoms with E-state index in [-0.39, 0.29) is 0 Å². The van der Waals surface area contributed by atoms with Crippen molar-refractivity contribution in [3.63, 3.8) is 0 Å². The van der Waals surface area contributed by atoms with Gasteiger partial charge < -0.3 is 5.32 Å². The number of aromatic nitrogens is 2. The summed E-state index contributed by atoms with van der Waals surface area (Å²) in [5, 5.41) is 4.70. The number of rotatable bonds is 4. The van der Waals surface area contributed by atoms with E-state index < -0.39 is 0 Å². The topological polar surface area (TPSA) is 37.8 Å². The van der Waals surface area contributed by atoms with Gasteiger partial charge in [0.1, 0.15) is 6.33 Å².